The normalized spacial score (nSPS) is 14.5. The van der Waals surface area contributed by atoms with Crippen LogP contribution in [0.4, 0.5) is 0 Å². The van der Waals surface area contributed by atoms with E-state index < -0.39 is 19.6 Å². The number of carboxylic acids is 1. The molecule has 0 aromatic carbocycles. The molecular weight excluding hydrogens is 229 g/mol. The molecule has 0 saturated carbocycles. The van der Waals surface area contributed by atoms with Gasteiger partial charge in [-0.3, -0.25) is 9.36 Å². The van der Waals surface area contributed by atoms with Crippen LogP contribution in [0, 0.1) is 0 Å². The molecule has 0 rings (SSSR count). The van der Waals surface area contributed by atoms with E-state index in [0.29, 0.717) is 0 Å². The van der Waals surface area contributed by atoms with E-state index in [-0.39, 0.29) is 12.3 Å². The van der Waals surface area contributed by atoms with Gasteiger partial charge in [-0.1, -0.05) is 6.08 Å². The van der Waals surface area contributed by atoms with Gasteiger partial charge in [0.25, 0.3) is 0 Å². The van der Waals surface area contributed by atoms with Crippen molar-refractivity contribution in [3.63, 3.8) is 0 Å². The van der Waals surface area contributed by atoms with Crippen LogP contribution in [0.25, 0.3) is 0 Å². The molecule has 6 nitrogen and oxygen atoms in total. The molecule has 0 aliphatic rings. The Hall–Kier alpha value is -0.330. The van der Waals surface area contributed by atoms with Crippen molar-refractivity contribution < 1.29 is 24.3 Å². The molecule has 0 aromatic heterocycles. The first kappa shape index (κ1) is 13.7. The maximum absolute atomic E-state index is 10.4. The SMILES string of the molecule is O=C(O)[C@H](CS)NCC=CP(=O)(O)O. The Morgan fingerprint density at radius 3 is 2.50 bits per heavy atom. The molecule has 82 valence electrons. The lowest BCUT2D eigenvalue weighted by Gasteiger charge is -2.08. The Morgan fingerprint density at radius 2 is 2.14 bits per heavy atom. The highest BCUT2D eigenvalue weighted by molar-refractivity contribution is 7.80. The summed E-state index contributed by atoms with van der Waals surface area (Å²) in [6, 6.07) is -0.820. The molecule has 0 aliphatic heterocycles. The van der Waals surface area contributed by atoms with Crippen LogP contribution < -0.4 is 5.32 Å². The van der Waals surface area contributed by atoms with Crippen molar-refractivity contribution in [3.05, 3.63) is 11.9 Å². The van der Waals surface area contributed by atoms with Crippen molar-refractivity contribution in [2.45, 2.75) is 6.04 Å². The van der Waals surface area contributed by atoms with Crippen LogP contribution in [-0.4, -0.2) is 39.2 Å². The molecule has 0 amide bonds. The lowest BCUT2D eigenvalue weighted by Crippen LogP contribution is -2.38. The summed E-state index contributed by atoms with van der Waals surface area (Å²) in [5.41, 5.74) is 0. The minimum atomic E-state index is -4.14. The summed E-state index contributed by atoms with van der Waals surface area (Å²) in [7, 11) is -4.14. The first-order chi connectivity index (χ1) is 6.37. The second-order valence-electron chi connectivity index (χ2n) is 2.46. The number of hydrogen-bond donors (Lipinski definition) is 5. The summed E-state index contributed by atoms with van der Waals surface area (Å²) in [4.78, 5) is 27.3. The van der Waals surface area contributed by atoms with Crippen molar-refractivity contribution in [2.75, 3.05) is 12.3 Å². The van der Waals surface area contributed by atoms with Crippen LogP contribution in [0.3, 0.4) is 0 Å². The minimum Gasteiger partial charge on any atom is -0.480 e. The lowest BCUT2D eigenvalue weighted by atomic mass is 10.3. The van der Waals surface area contributed by atoms with Gasteiger partial charge in [-0.05, 0) is 0 Å². The summed E-state index contributed by atoms with van der Waals surface area (Å²) >= 11 is 3.79. The summed E-state index contributed by atoms with van der Waals surface area (Å²) in [5.74, 6) is -0.221. The monoisotopic (exact) mass is 241 g/mol. The number of hydrogen-bond acceptors (Lipinski definition) is 4. The van der Waals surface area contributed by atoms with Gasteiger partial charge in [0.05, 0.1) is 0 Å². The predicted octanol–water partition coefficient (Wildman–Crippen LogP) is -0.350. The Kier molecular flexibility index (Phi) is 6.06. The van der Waals surface area contributed by atoms with Crippen LogP contribution in [0.1, 0.15) is 0 Å². The molecule has 0 saturated heterocycles. The van der Waals surface area contributed by atoms with Gasteiger partial charge in [-0.2, -0.15) is 12.6 Å². The average molecular weight is 241 g/mol. The van der Waals surface area contributed by atoms with E-state index in [2.05, 4.69) is 17.9 Å². The third-order valence-corrected chi connectivity index (χ3v) is 2.23. The maximum atomic E-state index is 10.4. The highest BCUT2D eigenvalue weighted by Crippen LogP contribution is 2.35. The van der Waals surface area contributed by atoms with Crippen molar-refractivity contribution in [3.8, 4) is 0 Å². The molecule has 0 heterocycles. The molecule has 14 heavy (non-hydrogen) atoms. The highest BCUT2D eigenvalue weighted by Gasteiger charge is 2.13. The van der Waals surface area contributed by atoms with Gasteiger partial charge < -0.3 is 20.2 Å². The van der Waals surface area contributed by atoms with E-state index in [1.807, 2.05) is 0 Å². The Bertz CT molecular complexity index is 263. The first-order valence-corrected chi connectivity index (χ1v) is 5.98. The molecule has 0 aliphatic carbocycles. The van der Waals surface area contributed by atoms with E-state index in [9.17, 15) is 9.36 Å². The molecule has 0 radical (unpaired) electrons. The zero-order valence-electron chi connectivity index (χ0n) is 7.20. The van der Waals surface area contributed by atoms with Gasteiger partial charge in [0.1, 0.15) is 6.04 Å². The number of rotatable bonds is 6. The Labute approximate surface area is 86.6 Å². The molecule has 0 bridgehead atoms. The van der Waals surface area contributed by atoms with E-state index in [1.54, 1.807) is 0 Å². The van der Waals surface area contributed by atoms with E-state index >= 15 is 0 Å². The predicted molar refractivity (Wildman–Crippen MR) is 54.5 cm³/mol. The average Bonchev–Trinajstić information content (AvgIpc) is 2.01. The molecule has 4 N–H and O–H groups in total. The number of carboxylic acid groups (broad SMARTS) is 1. The van der Waals surface area contributed by atoms with Crippen molar-refractivity contribution in [1.82, 2.24) is 5.32 Å². The molecule has 0 unspecified atom stereocenters. The minimum absolute atomic E-state index is 0.0721. The van der Waals surface area contributed by atoms with Gasteiger partial charge in [0.2, 0.25) is 0 Å². The topological polar surface area (TPSA) is 107 Å². The summed E-state index contributed by atoms with van der Waals surface area (Å²) in [5, 5.41) is 11.1. The van der Waals surface area contributed by atoms with Crippen LogP contribution in [0.5, 0.6) is 0 Å². The summed E-state index contributed by atoms with van der Waals surface area (Å²) in [6.45, 7) is 0.0721. The third kappa shape index (κ3) is 7.11. The fourth-order valence-corrected chi connectivity index (χ4v) is 1.30. The lowest BCUT2D eigenvalue weighted by molar-refractivity contribution is -0.138. The van der Waals surface area contributed by atoms with Crippen LogP contribution in [0.15, 0.2) is 11.9 Å². The summed E-state index contributed by atoms with van der Waals surface area (Å²) < 4.78 is 10.3. The molecule has 8 heteroatoms. The second-order valence-corrected chi connectivity index (χ2v) is 4.30. The molecule has 0 fully saturated rings. The van der Waals surface area contributed by atoms with Gasteiger partial charge >= 0.3 is 13.6 Å². The number of nitrogens with one attached hydrogen (secondary N) is 1. The number of thiol groups is 1. The fourth-order valence-electron chi connectivity index (χ4n) is 0.630. The zero-order valence-corrected chi connectivity index (χ0v) is 8.99. The van der Waals surface area contributed by atoms with Gasteiger partial charge in [0.15, 0.2) is 0 Å². The molecule has 0 spiro atoms. The quantitative estimate of drug-likeness (QED) is 0.321. The molecule has 0 aromatic rings. The summed E-state index contributed by atoms with van der Waals surface area (Å²) in [6.07, 6.45) is 1.18. The van der Waals surface area contributed by atoms with Crippen molar-refractivity contribution in [2.24, 2.45) is 0 Å². The van der Waals surface area contributed by atoms with E-state index in [0.717, 1.165) is 5.82 Å². The number of carbonyl (C=O) groups is 1. The Morgan fingerprint density at radius 1 is 1.57 bits per heavy atom. The Balaban J connectivity index is 3.89. The van der Waals surface area contributed by atoms with Crippen LogP contribution in [-0.2, 0) is 9.36 Å². The van der Waals surface area contributed by atoms with Gasteiger partial charge in [0, 0.05) is 18.1 Å². The first-order valence-electron chi connectivity index (χ1n) is 3.67. The zero-order chi connectivity index (χ0) is 11.2. The van der Waals surface area contributed by atoms with Crippen molar-refractivity contribution >= 4 is 26.2 Å². The third-order valence-electron chi connectivity index (χ3n) is 1.26. The standard InChI is InChI=1S/C6H12NO5PS/c8-6(9)5(4-14)7-2-1-3-13(10,11)12/h1,3,5,7,14H,2,4H2,(H,8,9)(H2,10,11,12)/t5-/m0/s1. The molecular formula is C6H12NO5PS. The molecule has 1 atom stereocenters. The van der Waals surface area contributed by atoms with E-state index in [4.69, 9.17) is 14.9 Å². The van der Waals surface area contributed by atoms with Gasteiger partial charge in [-0.25, -0.2) is 0 Å². The second kappa shape index (κ2) is 6.21. The highest BCUT2D eigenvalue weighted by atomic mass is 32.1. The van der Waals surface area contributed by atoms with Gasteiger partial charge in [-0.15, -0.1) is 0 Å². The van der Waals surface area contributed by atoms with Crippen LogP contribution in [0.2, 0.25) is 0 Å². The largest absolute Gasteiger partial charge is 0.480 e. The van der Waals surface area contributed by atoms with E-state index in [1.165, 1.54) is 6.08 Å². The smallest absolute Gasteiger partial charge is 0.348 e. The fraction of sp³-hybridized carbons (Fsp3) is 0.500. The maximum Gasteiger partial charge on any atom is 0.348 e. The number of aliphatic carboxylic acids is 1. The van der Waals surface area contributed by atoms with Crippen molar-refractivity contribution in [1.29, 1.82) is 0 Å². The van der Waals surface area contributed by atoms with Crippen LogP contribution >= 0.6 is 20.2 Å².